The Kier molecular flexibility index (Phi) is 2.93. The first-order valence-corrected chi connectivity index (χ1v) is 6.64. The van der Waals surface area contributed by atoms with Crippen molar-refractivity contribution in [1.82, 2.24) is 4.98 Å². The number of rotatable bonds is 2. The van der Waals surface area contributed by atoms with E-state index in [1.165, 1.54) is 23.5 Å². The number of thiazole rings is 1. The highest BCUT2D eigenvalue weighted by Crippen LogP contribution is 2.35. The van der Waals surface area contributed by atoms with E-state index in [0.717, 1.165) is 15.3 Å². The Balaban J connectivity index is 2.17. The summed E-state index contributed by atoms with van der Waals surface area (Å²) in [5.41, 5.74) is 1.51. The second-order valence-electron chi connectivity index (χ2n) is 3.91. The summed E-state index contributed by atoms with van der Waals surface area (Å²) in [6, 6.07) is 12.1. The van der Waals surface area contributed by atoms with E-state index in [2.05, 4.69) is 4.98 Å². The van der Waals surface area contributed by atoms with Gasteiger partial charge in [-0.25, -0.2) is 4.98 Å². The van der Waals surface area contributed by atoms with Gasteiger partial charge in [0.25, 0.3) is 5.69 Å². The number of aromatic nitrogens is 1. The second kappa shape index (κ2) is 4.60. The number of nitrogens with zero attached hydrogens (tertiary/aromatic N) is 2. The SMILES string of the molecule is O=[N+]([O-])c1ccc2sc(-c3ccccc3Cl)nc2c1. The van der Waals surface area contributed by atoms with Gasteiger partial charge in [-0.2, -0.15) is 0 Å². The molecule has 0 spiro atoms. The molecular weight excluding hydrogens is 284 g/mol. The molecule has 0 atom stereocenters. The summed E-state index contributed by atoms with van der Waals surface area (Å²) in [6.45, 7) is 0. The Hall–Kier alpha value is -1.98. The van der Waals surface area contributed by atoms with Crippen LogP contribution in [0.2, 0.25) is 5.02 Å². The third-order valence-electron chi connectivity index (χ3n) is 2.69. The monoisotopic (exact) mass is 290 g/mol. The van der Waals surface area contributed by atoms with E-state index >= 15 is 0 Å². The highest BCUT2D eigenvalue weighted by Gasteiger charge is 2.12. The van der Waals surface area contributed by atoms with E-state index < -0.39 is 4.92 Å². The molecule has 0 saturated carbocycles. The Labute approximate surface area is 117 Å². The molecule has 0 radical (unpaired) electrons. The maximum atomic E-state index is 10.7. The molecule has 19 heavy (non-hydrogen) atoms. The number of non-ortho nitro benzene ring substituents is 1. The first kappa shape index (κ1) is 12.1. The van der Waals surface area contributed by atoms with Crippen LogP contribution in [0.25, 0.3) is 20.8 Å². The fourth-order valence-corrected chi connectivity index (χ4v) is 3.05. The zero-order valence-corrected chi connectivity index (χ0v) is 11.1. The molecule has 3 aromatic rings. The van der Waals surface area contributed by atoms with Crippen LogP contribution in [0.5, 0.6) is 0 Å². The van der Waals surface area contributed by atoms with Gasteiger partial charge in [-0.3, -0.25) is 10.1 Å². The molecule has 0 amide bonds. The van der Waals surface area contributed by atoms with Gasteiger partial charge in [0.1, 0.15) is 5.01 Å². The average Bonchev–Trinajstić information content (AvgIpc) is 2.81. The highest BCUT2D eigenvalue weighted by molar-refractivity contribution is 7.21. The maximum absolute atomic E-state index is 10.7. The molecule has 0 saturated heterocycles. The molecule has 0 aliphatic carbocycles. The number of hydrogen-bond acceptors (Lipinski definition) is 4. The number of benzene rings is 2. The summed E-state index contributed by atoms with van der Waals surface area (Å²) in [5, 5.41) is 12.1. The zero-order chi connectivity index (χ0) is 13.4. The summed E-state index contributed by atoms with van der Waals surface area (Å²) in [4.78, 5) is 14.7. The summed E-state index contributed by atoms with van der Waals surface area (Å²) in [6.07, 6.45) is 0. The van der Waals surface area contributed by atoms with Crippen LogP contribution in [0.3, 0.4) is 0 Å². The minimum atomic E-state index is -0.423. The van der Waals surface area contributed by atoms with E-state index in [-0.39, 0.29) is 5.69 Å². The molecular formula is C13H7ClN2O2S. The van der Waals surface area contributed by atoms with E-state index in [1.54, 1.807) is 12.1 Å². The topological polar surface area (TPSA) is 56.0 Å². The van der Waals surface area contributed by atoms with Gasteiger partial charge in [-0.05, 0) is 12.1 Å². The van der Waals surface area contributed by atoms with Gasteiger partial charge in [0.15, 0.2) is 0 Å². The highest BCUT2D eigenvalue weighted by atomic mass is 35.5. The minimum absolute atomic E-state index is 0.0449. The van der Waals surface area contributed by atoms with Gasteiger partial charge in [-0.1, -0.05) is 29.8 Å². The number of nitro benzene ring substituents is 1. The number of hydrogen-bond donors (Lipinski definition) is 0. The first-order chi connectivity index (χ1) is 9.15. The summed E-state index contributed by atoms with van der Waals surface area (Å²) in [7, 11) is 0. The summed E-state index contributed by atoms with van der Waals surface area (Å²) >= 11 is 7.59. The van der Waals surface area contributed by atoms with Gasteiger partial charge in [0.2, 0.25) is 0 Å². The smallest absolute Gasteiger partial charge is 0.258 e. The lowest BCUT2D eigenvalue weighted by atomic mass is 10.2. The van der Waals surface area contributed by atoms with Crippen LogP contribution >= 0.6 is 22.9 Å². The molecule has 6 heteroatoms. The minimum Gasteiger partial charge on any atom is -0.258 e. The van der Waals surface area contributed by atoms with Crippen molar-refractivity contribution in [3.8, 4) is 10.6 Å². The fourth-order valence-electron chi connectivity index (χ4n) is 1.78. The van der Waals surface area contributed by atoms with Crippen molar-refractivity contribution in [2.24, 2.45) is 0 Å². The van der Waals surface area contributed by atoms with Crippen molar-refractivity contribution in [1.29, 1.82) is 0 Å². The van der Waals surface area contributed by atoms with Crippen molar-refractivity contribution in [3.05, 3.63) is 57.6 Å². The molecule has 3 rings (SSSR count). The Morgan fingerprint density at radius 3 is 2.74 bits per heavy atom. The molecule has 0 N–H and O–H groups in total. The lowest BCUT2D eigenvalue weighted by Gasteiger charge is -1.97. The van der Waals surface area contributed by atoms with Gasteiger partial charge < -0.3 is 0 Å². The molecule has 0 bridgehead atoms. The molecule has 0 aliphatic rings. The van der Waals surface area contributed by atoms with Crippen molar-refractivity contribution in [3.63, 3.8) is 0 Å². The molecule has 0 aliphatic heterocycles. The Morgan fingerprint density at radius 2 is 2.00 bits per heavy atom. The second-order valence-corrected chi connectivity index (χ2v) is 5.35. The normalized spacial score (nSPS) is 10.8. The van der Waals surface area contributed by atoms with Crippen LogP contribution in [0.4, 0.5) is 5.69 Å². The van der Waals surface area contributed by atoms with E-state index in [0.29, 0.717) is 10.5 Å². The predicted molar refractivity (Wildman–Crippen MR) is 76.7 cm³/mol. The van der Waals surface area contributed by atoms with Crippen molar-refractivity contribution in [2.45, 2.75) is 0 Å². The van der Waals surface area contributed by atoms with Gasteiger partial charge in [0, 0.05) is 17.7 Å². The predicted octanol–water partition coefficient (Wildman–Crippen LogP) is 4.52. The van der Waals surface area contributed by atoms with E-state index in [1.807, 2.05) is 18.2 Å². The molecule has 1 aromatic heterocycles. The van der Waals surface area contributed by atoms with Gasteiger partial charge in [0.05, 0.1) is 20.2 Å². The maximum Gasteiger partial charge on any atom is 0.271 e. The molecule has 0 fully saturated rings. The largest absolute Gasteiger partial charge is 0.271 e. The number of halogens is 1. The zero-order valence-electron chi connectivity index (χ0n) is 9.54. The van der Waals surface area contributed by atoms with Crippen LogP contribution in [0.15, 0.2) is 42.5 Å². The molecule has 4 nitrogen and oxygen atoms in total. The van der Waals surface area contributed by atoms with Crippen LogP contribution < -0.4 is 0 Å². The Morgan fingerprint density at radius 1 is 1.21 bits per heavy atom. The summed E-state index contributed by atoms with van der Waals surface area (Å²) in [5.74, 6) is 0. The standard InChI is InChI=1S/C13H7ClN2O2S/c14-10-4-2-1-3-9(10)13-15-11-7-8(16(17)18)5-6-12(11)19-13/h1-7H. The molecule has 2 aromatic carbocycles. The Bertz CT molecular complexity index is 785. The van der Waals surface area contributed by atoms with Crippen LogP contribution in [-0.2, 0) is 0 Å². The van der Waals surface area contributed by atoms with Crippen molar-refractivity contribution < 1.29 is 4.92 Å². The molecule has 1 heterocycles. The first-order valence-electron chi connectivity index (χ1n) is 5.45. The van der Waals surface area contributed by atoms with Crippen molar-refractivity contribution >= 4 is 38.8 Å². The van der Waals surface area contributed by atoms with Crippen molar-refractivity contribution in [2.75, 3.05) is 0 Å². The third-order valence-corrected chi connectivity index (χ3v) is 4.09. The molecule has 0 unspecified atom stereocenters. The fraction of sp³-hybridized carbons (Fsp3) is 0. The quantitative estimate of drug-likeness (QED) is 0.515. The molecule has 94 valence electrons. The van der Waals surface area contributed by atoms with Gasteiger partial charge >= 0.3 is 0 Å². The van der Waals surface area contributed by atoms with E-state index in [4.69, 9.17) is 11.6 Å². The van der Waals surface area contributed by atoms with Crippen LogP contribution in [0.1, 0.15) is 0 Å². The van der Waals surface area contributed by atoms with Crippen LogP contribution in [-0.4, -0.2) is 9.91 Å². The lowest BCUT2D eigenvalue weighted by Crippen LogP contribution is -1.86. The number of fused-ring (bicyclic) bond motifs is 1. The average molecular weight is 291 g/mol. The van der Waals surface area contributed by atoms with Crippen LogP contribution in [0, 0.1) is 10.1 Å². The number of nitro groups is 1. The third kappa shape index (κ3) is 2.18. The van der Waals surface area contributed by atoms with Gasteiger partial charge in [-0.15, -0.1) is 11.3 Å². The lowest BCUT2D eigenvalue weighted by molar-refractivity contribution is -0.384. The summed E-state index contributed by atoms with van der Waals surface area (Å²) < 4.78 is 0.903. The van der Waals surface area contributed by atoms with E-state index in [9.17, 15) is 10.1 Å².